The lowest BCUT2D eigenvalue weighted by Gasteiger charge is -2.26. The Hall–Kier alpha value is -1.79. The van der Waals surface area contributed by atoms with Gasteiger partial charge in [-0.1, -0.05) is 0 Å². The average Bonchev–Trinajstić information content (AvgIpc) is 2.47. The summed E-state index contributed by atoms with van der Waals surface area (Å²) in [7, 11) is 0. The molecule has 108 valence electrons. The Bertz CT molecular complexity index is 462. The van der Waals surface area contributed by atoms with Gasteiger partial charge in [0.25, 0.3) is 0 Å². The molecule has 2 rings (SSSR count). The number of carbonyl (C=O) groups excluding carboxylic acids is 3. The van der Waals surface area contributed by atoms with Gasteiger partial charge in [-0.2, -0.15) is 0 Å². The fourth-order valence-electron chi connectivity index (χ4n) is 2.06. The third kappa shape index (κ3) is 4.40. The largest absolute Gasteiger partial charge is 0.449 e. The molecule has 0 aromatic heterocycles. The van der Waals surface area contributed by atoms with E-state index >= 15 is 0 Å². The second kappa shape index (κ2) is 7.12. The monoisotopic (exact) mass is 278 g/mol. The highest BCUT2D eigenvalue weighted by Gasteiger charge is 2.16. The Balaban J connectivity index is 1.69. The SMILES string of the molecule is O=C1C=CC(=O)C(CCC(=O)OCN2CCNCC2)=C1. The minimum atomic E-state index is -0.348. The summed E-state index contributed by atoms with van der Waals surface area (Å²) in [6, 6.07) is 0. The van der Waals surface area contributed by atoms with Gasteiger partial charge in [0.1, 0.15) is 6.73 Å². The van der Waals surface area contributed by atoms with Gasteiger partial charge in [0.15, 0.2) is 11.6 Å². The van der Waals surface area contributed by atoms with Crippen molar-refractivity contribution >= 4 is 17.5 Å². The molecule has 6 heteroatoms. The topological polar surface area (TPSA) is 75.7 Å². The molecule has 0 unspecified atom stereocenters. The van der Waals surface area contributed by atoms with E-state index in [0.29, 0.717) is 5.57 Å². The van der Waals surface area contributed by atoms with Gasteiger partial charge in [-0.15, -0.1) is 0 Å². The predicted molar refractivity (Wildman–Crippen MR) is 71.9 cm³/mol. The Labute approximate surface area is 117 Å². The average molecular weight is 278 g/mol. The zero-order chi connectivity index (χ0) is 14.4. The van der Waals surface area contributed by atoms with Crippen molar-refractivity contribution in [2.24, 2.45) is 0 Å². The molecule has 0 aromatic rings. The molecule has 1 heterocycles. The number of ether oxygens (including phenoxy) is 1. The van der Waals surface area contributed by atoms with Crippen molar-refractivity contribution in [1.82, 2.24) is 10.2 Å². The first-order chi connectivity index (χ1) is 9.65. The third-order valence-corrected chi connectivity index (χ3v) is 3.25. The third-order valence-electron chi connectivity index (χ3n) is 3.25. The quantitative estimate of drug-likeness (QED) is 0.555. The van der Waals surface area contributed by atoms with E-state index in [-0.39, 0.29) is 37.1 Å². The van der Waals surface area contributed by atoms with Crippen molar-refractivity contribution in [3.8, 4) is 0 Å². The maximum Gasteiger partial charge on any atom is 0.307 e. The predicted octanol–water partition coefficient (Wildman–Crippen LogP) is -0.193. The first kappa shape index (κ1) is 14.6. The van der Waals surface area contributed by atoms with Gasteiger partial charge in [0.2, 0.25) is 0 Å². The number of hydrogen-bond donors (Lipinski definition) is 1. The number of hydrogen-bond acceptors (Lipinski definition) is 6. The van der Waals surface area contributed by atoms with Gasteiger partial charge in [-0.3, -0.25) is 19.3 Å². The Morgan fingerprint density at radius 1 is 1.25 bits per heavy atom. The van der Waals surface area contributed by atoms with Gasteiger partial charge in [-0.05, 0) is 24.6 Å². The van der Waals surface area contributed by atoms with Crippen LogP contribution in [0, 0.1) is 0 Å². The molecule has 2 aliphatic rings. The summed E-state index contributed by atoms with van der Waals surface area (Å²) >= 11 is 0. The van der Waals surface area contributed by atoms with Crippen LogP contribution < -0.4 is 5.32 Å². The van der Waals surface area contributed by atoms with Gasteiger partial charge < -0.3 is 10.1 Å². The molecule has 0 bridgehead atoms. The minimum Gasteiger partial charge on any atom is -0.449 e. The lowest BCUT2D eigenvalue weighted by Crippen LogP contribution is -2.44. The fraction of sp³-hybridized carbons (Fsp3) is 0.500. The van der Waals surface area contributed by atoms with Gasteiger partial charge in [0.05, 0.1) is 0 Å². The van der Waals surface area contributed by atoms with Crippen LogP contribution in [0.15, 0.2) is 23.8 Å². The lowest BCUT2D eigenvalue weighted by molar-refractivity contribution is -0.148. The molecule has 0 aromatic carbocycles. The van der Waals surface area contributed by atoms with Crippen molar-refractivity contribution < 1.29 is 19.1 Å². The highest BCUT2D eigenvalue weighted by molar-refractivity contribution is 6.17. The second-order valence-electron chi connectivity index (χ2n) is 4.78. The molecular weight excluding hydrogens is 260 g/mol. The number of allylic oxidation sites excluding steroid dienone is 4. The van der Waals surface area contributed by atoms with Crippen LogP contribution in [0.2, 0.25) is 0 Å². The fourth-order valence-corrected chi connectivity index (χ4v) is 2.06. The summed E-state index contributed by atoms with van der Waals surface area (Å²) in [5.41, 5.74) is 0.372. The van der Waals surface area contributed by atoms with Crippen LogP contribution >= 0.6 is 0 Å². The van der Waals surface area contributed by atoms with Crippen molar-refractivity contribution in [2.45, 2.75) is 12.8 Å². The van der Waals surface area contributed by atoms with Crippen LogP contribution in [-0.2, 0) is 19.1 Å². The van der Waals surface area contributed by atoms with E-state index in [1.807, 2.05) is 4.90 Å². The van der Waals surface area contributed by atoms with E-state index in [1.165, 1.54) is 18.2 Å². The highest BCUT2D eigenvalue weighted by atomic mass is 16.5. The van der Waals surface area contributed by atoms with Crippen LogP contribution in [0.3, 0.4) is 0 Å². The van der Waals surface area contributed by atoms with E-state index in [1.54, 1.807) is 0 Å². The molecule has 1 aliphatic heterocycles. The summed E-state index contributed by atoms with van der Waals surface area (Å²) in [5, 5.41) is 3.21. The van der Waals surface area contributed by atoms with Crippen molar-refractivity contribution in [3.63, 3.8) is 0 Å². The first-order valence-corrected chi connectivity index (χ1v) is 6.71. The van der Waals surface area contributed by atoms with E-state index in [4.69, 9.17) is 4.74 Å². The molecule has 1 N–H and O–H groups in total. The van der Waals surface area contributed by atoms with Crippen molar-refractivity contribution in [1.29, 1.82) is 0 Å². The Morgan fingerprint density at radius 2 is 2.00 bits per heavy atom. The second-order valence-corrected chi connectivity index (χ2v) is 4.78. The molecule has 0 atom stereocenters. The number of ketones is 2. The standard InChI is InChI=1S/C14H18N2O4/c17-12-2-3-13(18)11(9-12)1-4-14(19)20-10-16-7-5-15-6-8-16/h2-3,9,15H,1,4-8,10H2. The zero-order valence-corrected chi connectivity index (χ0v) is 11.3. The van der Waals surface area contributed by atoms with E-state index < -0.39 is 0 Å². The number of nitrogens with one attached hydrogen (secondary N) is 1. The van der Waals surface area contributed by atoms with E-state index in [0.717, 1.165) is 26.2 Å². The molecule has 6 nitrogen and oxygen atoms in total. The molecule has 0 saturated carbocycles. The maximum atomic E-state index is 11.6. The molecular formula is C14H18N2O4. The van der Waals surface area contributed by atoms with Crippen molar-refractivity contribution in [3.05, 3.63) is 23.8 Å². The summed E-state index contributed by atoms with van der Waals surface area (Å²) in [5.74, 6) is -0.771. The van der Waals surface area contributed by atoms with Crippen molar-refractivity contribution in [2.75, 3.05) is 32.9 Å². The molecule has 1 saturated heterocycles. The number of carbonyl (C=O) groups is 3. The summed E-state index contributed by atoms with van der Waals surface area (Å²) < 4.78 is 5.15. The Kier molecular flexibility index (Phi) is 5.20. The van der Waals surface area contributed by atoms with Crippen LogP contribution in [0.5, 0.6) is 0 Å². The van der Waals surface area contributed by atoms with Gasteiger partial charge >= 0.3 is 5.97 Å². The summed E-state index contributed by atoms with van der Waals surface area (Å²) in [4.78, 5) is 36.3. The molecule has 0 amide bonds. The Morgan fingerprint density at radius 3 is 2.75 bits per heavy atom. The number of piperazine rings is 1. The molecule has 1 aliphatic carbocycles. The van der Waals surface area contributed by atoms with Gasteiger partial charge in [0, 0.05) is 38.2 Å². The highest BCUT2D eigenvalue weighted by Crippen LogP contribution is 2.12. The number of esters is 1. The summed E-state index contributed by atoms with van der Waals surface area (Å²) in [6.45, 7) is 3.79. The number of rotatable bonds is 5. The molecule has 1 fully saturated rings. The summed E-state index contributed by atoms with van der Waals surface area (Å²) in [6.07, 6.45) is 4.12. The van der Waals surface area contributed by atoms with Crippen LogP contribution in [0.4, 0.5) is 0 Å². The number of nitrogens with zero attached hydrogens (tertiary/aromatic N) is 1. The lowest BCUT2D eigenvalue weighted by atomic mass is 9.99. The van der Waals surface area contributed by atoms with Crippen LogP contribution in [0.1, 0.15) is 12.8 Å². The normalized spacial score (nSPS) is 19.9. The molecule has 0 spiro atoms. The zero-order valence-electron chi connectivity index (χ0n) is 11.3. The van der Waals surface area contributed by atoms with Gasteiger partial charge in [-0.25, -0.2) is 0 Å². The minimum absolute atomic E-state index is 0.116. The molecule has 0 radical (unpaired) electrons. The van der Waals surface area contributed by atoms with Crippen LogP contribution in [-0.4, -0.2) is 55.3 Å². The smallest absolute Gasteiger partial charge is 0.307 e. The first-order valence-electron chi connectivity index (χ1n) is 6.71. The molecule has 20 heavy (non-hydrogen) atoms. The van der Waals surface area contributed by atoms with E-state index in [2.05, 4.69) is 5.32 Å². The van der Waals surface area contributed by atoms with E-state index in [9.17, 15) is 14.4 Å². The van der Waals surface area contributed by atoms with Crippen LogP contribution in [0.25, 0.3) is 0 Å². The maximum absolute atomic E-state index is 11.6.